The number of nitrogen functional groups attached to an aromatic ring is 2. The first-order valence-electron chi connectivity index (χ1n) is 17.8. The summed E-state index contributed by atoms with van der Waals surface area (Å²) in [6.07, 6.45) is -0.201. The van der Waals surface area contributed by atoms with Gasteiger partial charge in [-0.15, -0.1) is 0 Å². The first kappa shape index (κ1) is 50.3. The Hall–Kier alpha value is -6.67. The van der Waals surface area contributed by atoms with Gasteiger partial charge in [-0.25, -0.2) is 34.1 Å². The Morgan fingerprint density at radius 3 is 1.08 bits per heavy atom. The zero-order chi connectivity index (χ0) is 46.0. The van der Waals surface area contributed by atoms with E-state index in [4.69, 9.17) is 30.4 Å². The Balaban J connectivity index is 0.000000473. The van der Waals surface area contributed by atoms with Crippen molar-refractivity contribution < 1.29 is 48.0 Å². The third kappa shape index (κ3) is 17.6. The smallest absolute Gasteiger partial charge is 0.425 e. The van der Waals surface area contributed by atoms with Crippen molar-refractivity contribution in [3.63, 3.8) is 0 Å². The number of amides is 4. The van der Waals surface area contributed by atoms with Gasteiger partial charge in [0, 0.05) is 12.1 Å². The lowest BCUT2D eigenvalue weighted by molar-refractivity contribution is -0.385. The van der Waals surface area contributed by atoms with Gasteiger partial charge in [-0.3, -0.25) is 20.2 Å². The molecule has 4 amide bonds. The number of carbonyl (C=O) groups excluding carboxylic acids is 4. The van der Waals surface area contributed by atoms with E-state index in [2.05, 4.69) is 15.0 Å². The molecule has 59 heavy (non-hydrogen) atoms. The van der Waals surface area contributed by atoms with Crippen molar-refractivity contribution in [1.82, 2.24) is 15.0 Å². The quantitative estimate of drug-likeness (QED) is 0.141. The van der Waals surface area contributed by atoms with E-state index in [9.17, 15) is 39.4 Å². The Morgan fingerprint density at radius 2 is 0.814 bits per heavy atom. The number of carbonyl (C=O) groups is 4. The van der Waals surface area contributed by atoms with E-state index in [1.54, 1.807) is 103 Å². The molecule has 0 aliphatic heterocycles. The summed E-state index contributed by atoms with van der Waals surface area (Å²) in [7, 11) is 0. The molecule has 0 saturated carbocycles. The van der Waals surface area contributed by atoms with Crippen molar-refractivity contribution in [3.8, 4) is 0 Å². The van der Waals surface area contributed by atoms with Crippen LogP contribution in [0, 0.1) is 41.0 Å². The zero-order valence-electron chi connectivity index (χ0n) is 36.1. The maximum absolute atomic E-state index is 12.5. The summed E-state index contributed by atoms with van der Waals surface area (Å²) in [4.78, 5) is 82.8. The highest BCUT2D eigenvalue weighted by Gasteiger charge is 2.36. The lowest BCUT2D eigenvalue weighted by Gasteiger charge is -2.28. The topological polar surface area (TPSA) is 289 Å². The molecular formula is C38H55N9O12. The maximum Gasteiger partial charge on any atom is 0.425 e. The van der Waals surface area contributed by atoms with E-state index in [0.29, 0.717) is 27.5 Å². The molecule has 3 heterocycles. The Bertz CT molecular complexity index is 1970. The summed E-state index contributed by atoms with van der Waals surface area (Å²) >= 11 is 0. The van der Waals surface area contributed by atoms with Crippen molar-refractivity contribution in [2.24, 2.45) is 0 Å². The molecule has 0 atom stereocenters. The molecule has 3 aromatic rings. The van der Waals surface area contributed by atoms with Gasteiger partial charge >= 0.3 is 24.4 Å². The number of nitrogens with two attached hydrogens (primary N) is 2. The van der Waals surface area contributed by atoms with Gasteiger partial charge in [-0.1, -0.05) is 0 Å². The lowest BCUT2D eigenvalue weighted by atomic mass is 10.2. The molecule has 0 radical (unpaired) electrons. The molecule has 21 heteroatoms. The number of nitro groups is 2. The molecule has 3 aromatic heterocycles. The van der Waals surface area contributed by atoms with Crippen LogP contribution in [0.1, 0.15) is 99.8 Å². The van der Waals surface area contributed by atoms with Crippen LogP contribution in [0.4, 0.5) is 53.7 Å². The Morgan fingerprint density at radius 1 is 0.525 bits per heavy atom. The summed E-state index contributed by atoms with van der Waals surface area (Å²) in [5, 5.41) is 21.0. The van der Waals surface area contributed by atoms with E-state index in [-0.39, 0.29) is 28.6 Å². The van der Waals surface area contributed by atoms with Gasteiger partial charge < -0.3 is 30.4 Å². The summed E-state index contributed by atoms with van der Waals surface area (Å²) < 4.78 is 21.0. The summed E-state index contributed by atoms with van der Waals surface area (Å²) in [5.41, 5.74) is 9.37. The van der Waals surface area contributed by atoms with Crippen LogP contribution < -0.4 is 21.3 Å². The van der Waals surface area contributed by atoms with E-state index in [0.717, 1.165) is 17.3 Å². The molecule has 0 bridgehead atoms. The van der Waals surface area contributed by atoms with Crippen molar-refractivity contribution in [2.45, 2.75) is 126 Å². The van der Waals surface area contributed by atoms with E-state index in [1.165, 1.54) is 25.3 Å². The van der Waals surface area contributed by atoms with Gasteiger partial charge in [0.25, 0.3) is 11.4 Å². The number of aromatic nitrogens is 3. The van der Waals surface area contributed by atoms with Gasteiger partial charge in [0.1, 0.15) is 40.6 Å². The van der Waals surface area contributed by atoms with Crippen LogP contribution in [0.15, 0.2) is 36.8 Å². The SMILES string of the molecule is Cc1cc(N)cnc1N(C(=O)OC(C)(C)C)C(=O)OC(C)(C)C.Cc1cc([N+](=O)[O-])cnc1N.Cc1cc([N+](=O)[O-])cnc1N(C(=O)OC(C)(C)C)C(=O)OC(C)(C)C. The van der Waals surface area contributed by atoms with E-state index in [1.807, 2.05) is 0 Å². The minimum atomic E-state index is -0.980. The minimum absolute atomic E-state index is 0.0308. The van der Waals surface area contributed by atoms with E-state index < -0.39 is 56.6 Å². The summed E-state index contributed by atoms with van der Waals surface area (Å²) in [6.45, 7) is 25.0. The standard InChI is InChI=1S/C16H23N3O6.C16H25N3O4.C6H7N3O2/c1-10-8-11(19(22)23)9-17-12(10)18(13(20)24-15(2,3)4)14(21)25-16(5,6)7;1-10-8-11(17)9-18-12(10)19(13(20)22-15(2,3)4)14(21)23-16(5,6)7;1-4-2-5(9(10)11)3-8-6(4)7/h8-9H,1-7H3;8-9H,17H2,1-7H3;2-3H,1H3,(H2,7,8). The third-order valence-corrected chi connectivity index (χ3v) is 6.36. The molecule has 0 aromatic carbocycles. The molecule has 3 rings (SSSR count). The van der Waals surface area contributed by atoms with E-state index >= 15 is 0 Å². The summed E-state index contributed by atoms with van der Waals surface area (Å²) in [5.74, 6) is 0.368. The van der Waals surface area contributed by atoms with Crippen molar-refractivity contribution >= 4 is 58.9 Å². The fourth-order valence-corrected chi connectivity index (χ4v) is 4.11. The maximum atomic E-state index is 12.5. The fourth-order valence-electron chi connectivity index (χ4n) is 4.11. The van der Waals surface area contributed by atoms with Gasteiger partial charge in [0.05, 0.1) is 21.7 Å². The molecule has 324 valence electrons. The predicted octanol–water partition coefficient (Wildman–Crippen LogP) is 8.50. The molecule has 4 N–H and O–H groups in total. The Labute approximate surface area is 342 Å². The number of pyridine rings is 3. The number of hydrogen-bond donors (Lipinski definition) is 2. The highest BCUT2D eigenvalue weighted by molar-refractivity contribution is 6.10. The molecular weight excluding hydrogens is 774 g/mol. The van der Waals surface area contributed by atoms with Crippen LogP contribution in [0.25, 0.3) is 0 Å². The van der Waals surface area contributed by atoms with Crippen LogP contribution in [-0.2, 0) is 18.9 Å². The van der Waals surface area contributed by atoms with Crippen LogP contribution in [0.5, 0.6) is 0 Å². The molecule has 21 nitrogen and oxygen atoms in total. The Kier molecular flexibility index (Phi) is 16.8. The first-order chi connectivity index (χ1) is 26.6. The van der Waals surface area contributed by atoms with Gasteiger partial charge in [0.2, 0.25) is 0 Å². The predicted molar refractivity (Wildman–Crippen MR) is 219 cm³/mol. The lowest BCUT2D eigenvalue weighted by Crippen LogP contribution is -2.44. The molecule has 0 spiro atoms. The molecule has 0 aliphatic rings. The average molecular weight is 830 g/mol. The van der Waals surface area contributed by atoms with Crippen LogP contribution >= 0.6 is 0 Å². The second kappa shape index (κ2) is 19.7. The molecule has 0 saturated heterocycles. The monoisotopic (exact) mass is 829 g/mol. The van der Waals surface area contributed by atoms with Crippen LogP contribution in [0.3, 0.4) is 0 Å². The number of hydrogen-bond acceptors (Lipinski definition) is 17. The average Bonchev–Trinajstić information content (AvgIpc) is 3.01. The largest absolute Gasteiger partial charge is 0.443 e. The number of imide groups is 2. The normalized spacial score (nSPS) is 11.3. The first-order valence-corrected chi connectivity index (χ1v) is 17.8. The van der Waals surface area contributed by atoms with Gasteiger partial charge in [-0.05, 0) is 127 Å². The van der Waals surface area contributed by atoms with Gasteiger partial charge in [-0.2, -0.15) is 9.80 Å². The van der Waals surface area contributed by atoms with Crippen LogP contribution in [0.2, 0.25) is 0 Å². The third-order valence-electron chi connectivity index (χ3n) is 6.36. The second-order valence-electron chi connectivity index (χ2n) is 16.7. The van der Waals surface area contributed by atoms with Crippen LogP contribution in [-0.4, -0.2) is 71.6 Å². The second-order valence-corrected chi connectivity index (χ2v) is 16.7. The minimum Gasteiger partial charge on any atom is -0.443 e. The highest BCUT2D eigenvalue weighted by atomic mass is 16.6. The number of ether oxygens (including phenoxy) is 4. The number of aryl methyl sites for hydroxylation is 3. The van der Waals surface area contributed by atoms with Crippen molar-refractivity contribution in [1.29, 1.82) is 0 Å². The fraction of sp³-hybridized carbons (Fsp3) is 0.500. The van der Waals surface area contributed by atoms with Crippen molar-refractivity contribution in [2.75, 3.05) is 21.3 Å². The molecule has 0 unspecified atom stereocenters. The van der Waals surface area contributed by atoms with Crippen molar-refractivity contribution in [3.05, 3.63) is 73.7 Å². The number of rotatable bonds is 4. The highest BCUT2D eigenvalue weighted by Crippen LogP contribution is 2.27. The summed E-state index contributed by atoms with van der Waals surface area (Å²) in [6, 6.07) is 4.22. The molecule has 0 fully saturated rings. The zero-order valence-corrected chi connectivity index (χ0v) is 36.1. The number of nitrogens with zero attached hydrogens (tertiary/aromatic N) is 7. The van der Waals surface area contributed by atoms with Gasteiger partial charge in [0.15, 0.2) is 11.6 Å². The molecule has 0 aliphatic carbocycles. The number of anilines is 4.